The highest BCUT2D eigenvalue weighted by Crippen LogP contribution is 2.29. The summed E-state index contributed by atoms with van der Waals surface area (Å²) in [5.74, 6) is -1.42. The van der Waals surface area contributed by atoms with E-state index in [1.54, 1.807) is 61.8 Å². The molecule has 1 N–H and O–H groups in total. The molecule has 4 rings (SSSR count). The van der Waals surface area contributed by atoms with Crippen LogP contribution in [0.4, 0.5) is 4.39 Å². The number of nitrogens with zero attached hydrogens (tertiary/aromatic N) is 3. The SMILES string of the molecule is C[C@@]1(C(=O)NCc2ccc(F)cc2)CN(S(=O)(=O)c2ccccc2)CC(=O)N1Cc1cccnc1. The molecule has 0 spiro atoms. The van der Waals surface area contributed by atoms with E-state index in [-0.39, 0.29) is 24.5 Å². The molecule has 8 nitrogen and oxygen atoms in total. The van der Waals surface area contributed by atoms with Gasteiger partial charge in [-0.05, 0) is 48.4 Å². The Bertz CT molecular complexity index is 1300. The van der Waals surface area contributed by atoms with E-state index in [1.807, 2.05) is 0 Å². The molecule has 0 saturated carbocycles. The zero-order valence-electron chi connectivity index (χ0n) is 19.1. The van der Waals surface area contributed by atoms with Crippen LogP contribution in [0.2, 0.25) is 0 Å². The van der Waals surface area contributed by atoms with Crippen molar-refractivity contribution < 1.29 is 22.4 Å². The molecule has 182 valence electrons. The number of piperazine rings is 1. The smallest absolute Gasteiger partial charge is 0.247 e. The topological polar surface area (TPSA) is 99.7 Å². The number of hydrogen-bond donors (Lipinski definition) is 1. The second kappa shape index (κ2) is 9.93. The van der Waals surface area contributed by atoms with Gasteiger partial charge in [0.25, 0.3) is 0 Å². The molecule has 0 aliphatic carbocycles. The van der Waals surface area contributed by atoms with Crippen molar-refractivity contribution in [3.63, 3.8) is 0 Å². The van der Waals surface area contributed by atoms with Gasteiger partial charge in [-0.1, -0.05) is 36.4 Å². The number of hydrogen-bond acceptors (Lipinski definition) is 5. The van der Waals surface area contributed by atoms with E-state index in [2.05, 4.69) is 10.3 Å². The zero-order valence-corrected chi connectivity index (χ0v) is 19.9. The molecule has 1 aromatic heterocycles. The van der Waals surface area contributed by atoms with Crippen molar-refractivity contribution in [2.24, 2.45) is 0 Å². The van der Waals surface area contributed by atoms with Crippen molar-refractivity contribution >= 4 is 21.8 Å². The molecule has 0 radical (unpaired) electrons. The van der Waals surface area contributed by atoms with Crippen LogP contribution in [-0.2, 0) is 32.7 Å². The maximum absolute atomic E-state index is 13.5. The zero-order chi connectivity index (χ0) is 25.1. The highest BCUT2D eigenvalue weighted by Gasteiger charge is 2.50. The molecule has 1 aliphatic rings. The molecule has 10 heteroatoms. The van der Waals surface area contributed by atoms with E-state index in [4.69, 9.17) is 0 Å². The molecule has 2 heterocycles. The fourth-order valence-electron chi connectivity index (χ4n) is 4.01. The van der Waals surface area contributed by atoms with Gasteiger partial charge in [-0.2, -0.15) is 4.31 Å². The van der Waals surface area contributed by atoms with Gasteiger partial charge in [0.15, 0.2) is 0 Å². The van der Waals surface area contributed by atoms with Crippen LogP contribution in [0.15, 0.2) is 84.0 Å². The molecule has 1 saturated heterocycles. The van der Waals surface area contributed by atoms with Crippen molar-refractivity contribution in [1.29, 1.82) is 0 Å². The molecule has 35 heavy (non-hydrogen) atoms. The molecule has 1 atom stereocenters. The second-order valence-corrected chi connectivity index (χ2v) is 10.4. The summed E-state index contributed by atoms with van der Waals surface area (Å²) < 4.78 is 40.9. The third-order valence-corrected chi connectivity index (χ3v) is 7.80. The first kappa shape index (κ1) is 24.5. The Balaban J connectivity index is 1.64. The van der Waals surface area contributed by atoms with E-state index >= 15 is 0 Å². The van der Waals surface area contributed by atoms with Crippen LogP contribution < -0.4 is 5.32 Å². The van der Waals surface area contributed by atoms with Gasteiger partial charge in [0.05, 0.1) is 11.4 Å². The lowest BCUT2D eigenvalue weighted by atomic mass is 9.94. The van der Waals surface area contributed by atoms with Crippen LogP contribution in [-0.4, -0.2) is 53.0 Å². The Kier molecular flexibility index (Phi) is 6.95. The van der Waals surface area contributed by atoms with Crippen LogP contribution >= 0.6 is 0 Å². The first-order valence-corrected chi connectivity index (χ1v) is 12.4. The van der Waals surface area contributed by atoms with Gasteiger partial charge in [0.1, 0.15) is 11.4 Å². The van der Waals surface area contributed by atoms with Gasteiger partial charge in [0, 0.05) is 32.0 Å². The predicted octanol–water partition coefficient (Wildman–Crippen LogP) is 2.33. The summed E-state index contributed by atoms with van der Waals surface area (Å²) in [5, 5.41) is 2.78. The predicted molar refractivity (Wildman–Crippen MR) is 127 cm³/mol. The monoisotopic (exact) mass is 496 g/mol. The quantitative estimate of drug-likeness (QED) is 0.541. The minimum absolute atomic E-state index is 0.0441. The largest absolute Gasteiger partial charge is 0.350 e. The summed E-state index contributed by atoms with van der Waals surface area (Å²) in [6.07, 6.45) is 3.20. The third-order valence-electron chi connectivity index (χ3n) is 5.99. The van der Waals surface area contributed by atoms with Crippen molar-refractivity contribution in [2.45, 2.75) is 30.4 Å². The first-order chi connectivity index (χ1) is 16.7. The van der Waals surface area contributed by atoms with Crippen LogP contribution in [0.25, 0.3) is 0 Å². The summed E-state index contributed by atoms with van der Waals surface area (Å²) in [6.45, 7) is 1.11. The van der Waals surface area contributed by atoms with Gasteiger partial charge in [-0.3, -0.25) is 14.6 Å². The highest BCUT2D eigenvalue weighted by atomic mass is 32.2. The van der Waals surface area contributed by atoms with Crippen molar-refractivity contribution in [1.82, 2.24) is 19.5 Å². The Morgan fingerprint density at radius 1 is 1.06 bits per heavy atom. The number of sulfonamides is 1. The molecule has 1 fully saturated rings. The lowest BCUT2D eigenvalue weighted by Gasteiger charge is -2.46. The maximum Gasteiger partial charge on any atom is 0.247 e. The van der Waals surface area contributed by atoms with Crippen LogP contribution in [0.1, 0.15) is 18.1 Å². The number of benzene rings is 2. The fraction of sp³-hybridized carbons (Fsp3) is 0.240. The van der Waals surface area contributed by atoms with E-state index in [9.17, 15) is 22.4 Å². The lowest BCUT2D eigenvalue weighted by Crippen LogP contribution is -2.69. The number of nitrogens with one attached hydrogen (secondary N) is 1. The lowest BCUT2D eigenvalue weighted by molar-refractivity contribution is -0.153. The Morgan fingerprint density at radius 2 is 1.77 bits per heavy atom. The summed E-state index contributed by atoms with van der Waals surface area (Å²) in [5.41, 5.74) is -0.136. The molecule has 0 unspecified atom stereocenters. The molecule has 1 aliphatic heterocycles. The van der Waals surface area contributed by atoms with Crippen molar-refractivity contribution in [3.8, 4) is 0 Å². The van der Waals surface area contributed by atoms with Gasteiger partial charge in [-0.25, -0.2) is 12.8 Å². The minimum atomic E-state index is -4.02. The Morgan fingerprint density at radius 3 is 2.43 bits per heavy atom. The summed E-state index contributed by atoms with van der Waals surface area (Å²) in [6, 6.07) is 17.0. The number of pyridine rings is 1. The van der Waals surface area contributed by atoms with Crippen molar-refractivity contribution in [2.75, 3.05) is 13.1 Å². The van der Waals surface area contributed by atoms with Gasteiger partial charge < -0.3 is 10.2 Å². The van der Waals surface area contributed by atoms with E-state index in [0.29, 0.717) is 11.1 Å². The fourth-order valence-corrected chi connectivity index (χ4v) is 5.51. The van der Waals surface area contributed by atoms with E-state index < -0.39 is 39.7 Å². The van der Waals surface area contributed by atoms with Crippen LogP contribution in [0, 0.1) is 5.82 Å². The maximum atomic E-state index is 13.5. The van der Waals surface area contributed by atoms with Gasteiger partial charge in [-0.15, -0.1) is 0 Å². The molecule has 2 amide bonds. The summed E-state index contributed by atoms with van der Waals surface area (Å²) in [4.78, 5) is 32.3. The standard InChI is InChI=1S/C25H25FN4O4S/c1-25(24(32)28-15-19-9-11-21(26)12-10-19)18-29(35(33,34)22-7-3-2-4-8-22)17-23(31)30(25)16-20-6-5-13-27-14-20/h2-14H,15-18H2,1H3,(H,28,32)/t25-/m0/s1. The molecule has 2 aromatic carbocycles. The highest BCUT2D eigenvalue weighted by molar-refractivity contribution is 7.89. The number of aromatic nitrogens is 1. The molecular formula is C25H25FN4O4S. The van der Waals surface area contributed by atoms with Gasteiger partial charge >= 0.3 is 0 Å². The summed E-state index contributed by atoms with van der Waals surface area (Å²) >= 11 is 0. The average molecular weight is 497 g/mol. The molecular weight excluding hydrogens is 471 g/mol. The normalized spacial score (nSPS) is 18.9. The number of rotatable bonds is 7. The van der Waals surface area contributed by atoms with Crippen LogP contribution in [0.3, 0.4) is 0 Å². The Hall–Kier alpha value is -3.63. The number of halogens is 1. The van der Waals surface area contributed by atoms with Gasteiger partial charge in [0.2, 0.25) is 21.8 Å². The number of carbonyl (C=O) groups excluding carboxylic acids is 2. The Labute approximate surface area is 203 Å². The van der Waals surface area contributed by atoms with Crippen LogP contribution in [0.5, 0.6) is 0 Å². The summed E-state index contributed by atoms with van der Waals surface area (Å²) in [7, 11) is -4.02. The number of amides is 2. The van der Waals surface area contributed by atoms with Crippen molar-refractivity contribution in [3.05, 3.63) is 96.1 Å². The number of carbonyl (C=O) groups is 2. The second-order valence-electron chi connectivity index (χ2n) is 8.51. The molecule has 3 aromatic rings. The third kappa shape index (κ3) is 5.23. The minimum Gasteiger partial charge on any atom is -0.350 e. The molecule has 0 bridgehead atoms. The first-order valence-electron chi connectivity index (χ1n) is 11.0. The van der Waals surface area contributed by atoms with E-state index in [0.717, 1.165) is 4.31 Å². The van der Waals surface area contributed by atoms with E-state index in [1.165, 1.54) is 29.2 Å². The average Bonchev–Trinajstić information content (AvgIpc) is 2.86.